The van der Waals surface area contributed by atoms with Gasteiger partial charge in [0.2, 0.25) is 0 Å². The molecule has 0 bridgehead atoms. The Kier molecular flexibility index (Phi) is 2.82. The number of aryl methyl sites for hydroxylation is 2. The van der Waals surface area contributed by atoms with E-state index in [1.54, 1.807) is 11.3 Å². The van der Waals surface area contributed by atoms with E-state index >= 15 is 0 Å². The monoisotopic (exact) mass is 236 g/mol. The van der Waals surface area contributed by atoms with E-state index in [1.165, 1.54) is 0 Å². The third kappa shape index (κ3) is 1.76. The molecule has 0 saturated heterocycles. The molecule has 2 aromatic heterocycles. The summed E-state index contributed by atoms with van der Waals surface area (Å²) in [5, 5.41) is 7.42. The first-order valence-electron chi connectivity index (χ1n) is 5.22. The van der Waals surface area contributed by atoms with Crippen LogP contribution in [0, 0.1) is 13.8 Å². The first kappa shape index (κ1) is 11.3. The predicted octanol–water partition coefficient (Wildman–Crippen LogP) is 2.18. The molecule has 5 heteroatoms. The summed E-state index contributed by atoms with van der Waals surface area (Å²) in [4.78, 5) is 4.56. The molecular formula is C11H16N4S. The lowest BCUT2D eigenvalue weighted by Crippen LogP contribution is -2.04. The Hall–Kier alpha value is -1.20. The average Bonchev–Trinajstić information content (AvgIpc) is 2.74. The van der Waals surface area contributed by atoms with Crippen molar-refractivity contribution in [1.82, 2.24) is 14.8 Å². The Morgan fingerprint density at radius 3 is 2.56 bits per heavy atom. The molecule has 2 aromatic rings. The van der Waals surface area contributed by atoms with Gasteiger partial charge >= 0.3 is 0 Å². The number of rotatable bonds is 2. The van der Waals surface area contributed by atoms with Gasteiger partial charge in [0.05, 0.1) is 17.0 Å². The molecular weight excluding hydrogens is 220 g/mol. The molecule has 0 spiro atoms. The lowest BCUT2D eigenvalue weighted by Gasteiger charge is -1.99. The third-order valence-electron chi connectivity index (χ3n) is 2.71. The van der Waals surface area contributed by atoms with Gasteiger partial charge in [0.15, 0.2) is 0 Å². The van der Waals surface area contributed by atoms with Gasteiger partial charge in [-0.25, -0.2) is 4.98 Å². The number of aromatic nitrogens is 3. The van der Waals surface area contributed by atoms with Gasteiger partial charge in [-0.2, -0.15) is 5.10 Å². The molecule has 0 aliphatic carbocycles. The highest BCUT2D eigenvalue weighted by molar-refractivity contribution is 7.13. The lowest BCUT2D eigenvalue weighted by atomic mass is 10.2. The van der Waals surface area contributed by atoms with Crippen LogP contribution in [0.3, 0.4) is 0 Å². The van der Waals surface area contributed by atoms with E-state index in [9.17, 15) is 0 Å². The minimum absolute atomic E-state index is 0.0118. The summed E-state index contributed by atoms with van der Waals surface area (Å²) in [5.41, 5.74) is 10.1. The van der Waals surface area contributed by atoms with E-state index < -0.39 is 0 Å². The van der Waals surface area contributed by atoms with Gasteiger partial charge in [0.1, 0.15) is 5.01 Å². The highest BCUT2D eigenvalue weighted by Gasteiger charge is 2.15. The smallest absolute Gasteiger partial charge is 0.127 e. The largest absolute Gasteiger partial charge is 0.323 e. The van der Waals surface area contributed by atoms with Gasteiger partial charge in [-0.1, -0.05) is 0 Å². The van der Waals surface area contributed by atoms with Gasteiger partial charge < -0.3 is 5.73 Å². The van der Waals surface area contributed by atoms with Crippen LogP contribution in [0.15, 0.2) is 5.38 Å². The summed E-state index contributed by atoms with van der Waals surface area (Å²) >= 11 is 1.63. The van der Waals surface area contributed by atoms with Crippen LogP contribution in [-0.2, 0) is 7.05 Å². The van der Waals surface area contributed by atoms with Crippen molar-refractivity contribution < 1.29 is 0 Å². The van der Waals surface area contributed by atoms with Crippen molar-refractivity contribution in [2.24, 2.45) is 12.8 Å². The summed E-state index contributed by atoms with van der Waals surface area (Å²) in [6.45, 7) is 6.01. The van der Waals surface area contributed by atoms with Crippen molar-refractivity contribution >= 4 is 11.3 Å². The van der Waals surface area contributed by atoms with E-state index in [1.807, 2.05) is 31.0 Å². The number of nitrogens with zero attached hydrogens (tertiary/aromatic N) is 3. The number of hydrogen-bond acceptors (Lipinski definition) is 4. The quantitative estimate of drug-likeness (QED) is 0.869. The Balaban J connectivity index is 2.50. The molecule has 86 valence electrons. The second-order valence-corrected chi connectivity index (χ2v) is 4.89. The SMILES string of the molecule is Cc1nn(C)c(C)c1-c1nc(C(C)N)cs1. The third-order valence-corrected chi connectivity index (χ3v) is 3.59. The maximum Gasteiger partial charge on any atom is 0.127 e. The van der Waals surface area contributed by atoms with Crippen LogP contribution in [0.5, 0.6) is 0 Å². The molecule has 0 saturated carbocycles. The van der Waals surface area contributed by atoms with Crippen LogP contribution in [0.4, 0.5) is 0 Å². The zero-order valence-corrected chi connectivity index (χ0v) is 10.8. The summed E-state index contributed by atoms with van der Waals surface area (Å²) < 4.78 is 1.89. The molecule has 1 atom stereocenters. The van der Waals surface area contributed by atoms with E-state index in [4.69, 9.17) is 5.73 Å². The molecule has 0 aliphatic rings. The van der Waals surface area contributed by atoms with E-state index in [2.05, 4.69) is 17.0 Å². The van der Waals surface area contributed by atoms with E-state index in [0.29, 0.717) is 0 Å². The van der Waals surface area contributed by atoms with Crippen molar-refractivity contribution in [2.75, 3.05) is 0 Å². The van der Waals surface area contributed by atoms with Crippen LogP contribution >= 0.6 is 11.3 Å². The number of thiazole rings is 1. The Morgan fingerprint density at radius 1 is 1.44 bits per heavy atom. The zero-order valence-electron chi connectivity index (χ0n) is 9.98. The van der Waals surface area contributed by atoms with Crippen LogP contribution in [-0.4, -0.2) is 14.8 Å². The molecule has 0 aliphatic heterocycles. The molecule has 0 fully saturated rings. The maximum atomic E-state index is 5.81. The molecule has 0 amide bonds. The van der Waals surface area contributed by atoms with Crippen molar-refractivity contribution in [3.8, 4) is 10.6 Å². The van der Waals surface area contributed by atoms with Gasteiger partial charge in [0.25, 0.3) is 0 Å². The molecule has 2 N–H and O–H groups in total. The van der Waals surface area contributed by atoms with Crippen LogP contribution in [0.2, 0.25) is 0 Å². The Labute approximate surface area is 99.1 Å². The van der Waals surface area contributed by atoms with Gasteiger partial charge in [-0.05, 0) is 20.8 Å². The van der Waals surface area contributed by atoms with Crippen molar-refractivity contribution in [2.45, 2.75) is 26.8 Å². The first-order valence-corrected chi connectivity index (χ1v) is 6.10. The Bertz CT molecular complexity index is 510. The highest BCUT2D eigenvalue weighted by atomic mass is 32.1. The maximum absolute atomic E-state index is 5.81. The van der Waals surface area contributed by atoms with Crippen LogP contribution in [0.25, 0.3) is 10.6 Å². The lowest BCUT2D eigenvalue weighted by molar-refractivity contribution is 0.731. The van der Waals surface area contributed by atoms with Crippen molar-refractivity contribution in [1.29, 1.82) is 0 Å². The second kappa shape index (κ2) is 3.99. The fraction of sp³-hybridized carbons (Fsp3) is 0.455. The van der Waals surface area contributed by atoms with Gasteiger partial charge in [-0.15, -0.1) is 11.3 Å². The summed E-state index contributed by atoms with van der Waals surface area (Å²) in [5.74, 6) is 0. The summed E-state index contributed by atoms with van der Waals surface area (Å²) in [7, 11) is 1.95. The minimum atomic E-state index is -0.0118. The molecule has 2 rings (SSSR count). The molecule has 0 radical (unpaired) electrons. The standard InChI is InChI=1S/C11H16N4S/c1-6(12)9-5-16-11(13-9)10-7(2)14-15(4)8(10)3/h5-6H,12H2,1-4H3. The molecule has 2 heterocycles. The first-order chi connectivity index (χ1) is 7.50. The predicted molar refractivity (Wildman–Crippen MR) is 66.4 cm³/mol. The normalized spacial score (nSPS) is 13.1. The van der Waals surface area contributed by atoms with Crippen LogP contribution in [0.1, 0.15) is 30.0 Å². The number of hydrogen-bond donors (Lipinski definition) is 1. The average molecular weight is 236 g/mol. The van der Waals surface area contributed by atoms with E-state index in [-0.39, 0.29) is 6.04 Å². The molecule has 16 heavy (non-hydrogen) atoms. The highest BCUT2D eigenvalue weighted by Crippen LogP contribution is 2.30. The van der Waals surface area contributed by atoms with Crippen LogP contribution < -0.4 is 5.73 Å². The summed E-state index contributed by atoms with van der Waals surface area (Å²) in [6.07, 6.45) is 0. The second-order valence-electron chi connectivity index (χ2n) is 4.04. The summed E-state index contributed by atoms with van der Waals surface area (Å²) in [6, 6.07) is -0.0118. The fourth-order valence-corrected chi connectivity index (χ4v) is 2.76. The fourth-order valence-electron chi connectivity index (χ4n) is 1.69. The molecule has 0 aromatic carbocycles. The topological polar surface area (TPSA) is 56.7 Å². The molecule has 4 nitrogen and oxygen atoms in total. The number of nitrogens with two attached hydrogens (primary N) is 1. The molecule has 1 unspecified atom stereocenters. The van der Waals surface area contributed by atoms with Crippen molar-refractivity contribution in [3.05, 3.63) is 22.5 Å². The van der Waals surface area contributed by atoms with Gasteiger partial charge in [0, 0.05) is 24.2 Å². The van der Waals surface area contributed by atoms with Gasteiger partial charge in [-0.3, -0.25) is 4.68 Å². The Morgan fingerprint density at radius 2 is 2.12 bits per heavy atom. The zero-order chi connectivity index (χ0) is 11.9. The van der Waals surface area contributed by atoms with E-state index in [0.717, 1.165) is 27.7 Å². The van der Waals surface area contributed by atoms with Crippen molar-refractivity contribution in [3.63, 3.8) is 0 Å². The minimum Gasteiger partial charge on any atom is -0.323 e.